The Morgan fingerprint density at radius 3 is 2.16 bits per heavy atom. The van der Waals surface area contributed by atoms with E-state index in [1.807, 2.05) is 36.0 Å². The fourth-order valence-corrected chi connectivity index (χ4v) is 13.7. The topological polar surface area (TPSA) is 388 Å². The highest BCUT2D eigenvalue weighted by atomic mass is 33.1. The van der Waals surface area contributed by atoms with Gasteiger partial charge in [-0.3, -0.25) is 43.3 Å². The maximum atomic E-state index is 14.7. The van der Waals surface area contributed by atoms with Crippen LogP contribution in [0.4, 0.5) is 4.79 Å². The van der Waals surface area contributed by atoms with E-state index >= 15 is 0 Å². The lowest BCUT2D eigenvalue weighted by Gasteiger charge is -2.28. The van der Waals surface area contributed by atoms with Crippen LogP contribution in [-0.2, 0) is 57.6 Å². The number of hydrogen-bond acceptors (Lipinski definition) is 14. The molecule has 7 rings (SSSR count). The Kier molecular flexibility index (Phi) is 24.6. The number of nitrogens with zero attached hydrogens (tertiary/aromatic N) is 3. The van der Waals surface area contributed by atoms with Gasteiger partial charge in [-0.05, 0) is 55.7 Å². The largest absolute Gasteiger partial charge is 0.370 e. The predicted molar refractivity (Wildman–Crippen MR) is 320 cm³/mol. The second-order valence-electron chi connectivity index (χ2n) is 20.7. The third-order valence-electron chi connectivity index (χ3n) is 14.4. The molecule has 3 saturated heterocycles. The smallest absolute Gasteiger partial charge is 0.315 e. The number of H-pyrrole nitrogens is 2. The number of unbranched alkanes of at least 4 members (excludes halogenated alkanes) is 3. The number of aliphatic imine (C=N–C) groups is 1. The summed E-state index contributed by atoms with van der Waals surface area (Å²) in [6.45, 7) is 0.185. The molecular weight excluding hydrogens is 1120 g/mol. The zero-order valence-electron chi connectivity index (χ0n) is 46.2. The number of amides is 10. The van der Waals surface area contributed by atoms with E-state index in [9.17, 15) is 43.2 Å². The lowest BCUT2D eigenvalue weighted by atomic mass is 10.0. The summed E-state index contributed by atoms with van der Waals surface area (Å²) in [7, 11) is 2.50. The van der Waals surface area contributed by atoms with Crippen molar-refractivity contribution in [1.82, 2.24) is 62.4 Å². The number of guanidine groups is 1. The summed E-state index contributed by atoms with van der Waals surface area (Å²) in [6, 6.07) is 10.0. The van der Waals surface area contributed by atoms with Gasteiger partial charge in [0.15, 0.2) is 5.96 Å². The van der Waals surface area contributed by atoms with Crippen LogP contribution in [0.5, 0.6) is 0 Å². The van der Waals surface area contributed by atoms with E-state index in [2.05, 4.69) is 62.5 Å². The van der Waals surface area contributed by atoms with Crippen molar-refractivity contribution in [3.05, 3.63) is 90.1 Å². The molecule has 0 bridgehead atoms. The summed E-state index contributed by atoms with van der Waals surface area (Å²) < 4.78 is 0. The van der Waals surface area contributed by atoms with Gasteiger partial charge in [-0.1, -0.05) is 83.0 Å². The Morgan fingerprint density at radius 1 is 0.687 bits per heavy atom. The SMILES string of the molecule is NC(=O)[C@@H]1CSSCCN(C(=O)CCCCCNC(=O)CCCC[C@@H]2SC[C@@H]3NC(=O)N[C@@H]32)CC(=O)N[C@@H](Cc2cnc[nH]2)C(=O)N[C@H](Cc2ccccc2)C(=O)N[C@@H](CCCN=C(N)N)C(=O)N[C@@H](Cc2c[nH]c3ccccc23)C(=O)N1. The molecule has 0 radical (unpaired) electrons. The van der Waals surface area contributed by atoms with Crippen molar-refractivity contribution in [2.75, 3.05) is 43.4 Å². The summed E-state index contributed by atoms with van der Waals surface area (Å²) in [5.41, 5.74) is 19.7. The number of thioether (sulfide) groups is 1. The molecule has 0 saturated carbocycles. The number of primary amides is 1. The highest BCUT2D eigenvalue weighted by Crippen LogP contribution is 2.33. The molecule has 5 heterocycles. The van der Waals surface area contributed by atoms with Crippen LogP contribution in [0.2, 0.25) is 0 Å². The molecule has 2 aromatic carbocycles. The zero-order chi connectivity index (χ0) is 59.1. The van der Waals surface area contributed by atoms with E-state index in [0.717, 1.165) is 35.9 Å². The number of aromatic nitrogens is 3. The molecule has 0 unspecified atom stereocenters. The molecule has 16 N–H and O–H groups in total. The Hall–Kier alpha value is -7.46. The van der Waals surface area contributed by atoms with Crippen molar-refractivity contribution in [1.29, 1.82) is 0 Å². The van der Waals surface area contributed by atoms with E-state index < -0.39 is 72.2 Å². The third-order valence-corrected chi connectivity index (χ3v) is 18.3. The fraction of sp³-hybridized carbons (Fsp3) is 0.509. The second kappa shape index (κ2) is 32.4. The first-order valence-corrected chi connectivity index (χ1v) is 31.5. The van der Waals surface area contributed by atoms with Gasteiger partial charge in [0.25, 0.3) is 0 Å². The van der Waals surface area contributed by atoms with Crippen LogP contribution in [0.25, 0.3) is 10.9 Å². The monoisotopic (exact) mass is 1200 g/mol. The number of hydrogen-bond donors (Lipinski definition) is 13. The number of para-hydroxylation sites is 1. The number of carbonyl (C=O) groups excluding carboxylic acids is 9. The molecule has 3 aliphatic rings. The summed E-state index contributed by atoms with van der Waals surface area (Å²) in [5, 5.41) is 24.0. The summed E-state index contributed by atoms with van der Waals surface area (Å²) in [6.07, 6.45) is 9.38. The molecule has 448 valence electrons. The highest BCUT2D eigenvalue weighted by molar-refractivity contribution is 8.76. The Morgan fingerprint density at radius 2 is 1.40 bits per heavy atom. The average molecular weight is 1200 g/mol. The van der Waals surface area contributed by atoms with Crippen molar-refractivity contribution < 1.29 is 43.2 Å². The van der Waals surface area contributed by atoms with E-state index in [-0.39, 0.29) is 99.0 Å². The number of nitrogens with one attached hydrogen (secondary N) is 10. The lowest BCUT2D eigenvalue weighted by Crippen LogP contribution is -2.60. The van der Waals surface area contributed by atoms with Gasteiger partial charge < -0.3 is 74.6 Å². The normalized spacial score (nSPS) is 23.2. The van der Waals surface area contributed by atoms with Crippen molar-refractivity contribution in [3.8, 4) is 0 Å². The lowest BCUT2D eigenvalue weighted by molar-refractivity contribution is -0.137. The predicted octanol–water partition coefficient (Wildman–Crippen LogP) is 0.508. The van der Waals surface area contributed by atoms with E-state index in [0.29, 0.717) is 54.3 Å². The second-order valence-corrected chi connectivity index (χ2v) is 24.6. The highest BCUT2D eigenvalue weighted by Gasteiger charge is 2.42. The van der Waals surface area contributed by atoms with Crippen molar-refractivity contribution in [2.45, 2.75) is 131 Å². The van der Waals surface area contributed by atoms with Gasteiger partial charge in [0.2, 0.25) is 47.3 Å². The minimum absolute atomic E-state index is 0.000360. The third kappa shape index (κ3) is 20.1. The minimum atomic E-state index is -1.32. The number of urea groups is 1. The van der Waals surface area contributed by atoms with Crippen LogP contribution in [0, 0.1) is 0 Å². The molecule has 8 atom stereocenters. The molecule has 3 fully saturated rings. The number of aromatic amines is 2. The first-order chi connectivity index (χ1) is 40.1. The molecule has 28 heteroatoms. The first kappa shape index (κ1) is 63.1. The molecule has 25 nitrogen and oxygen atoms in total. The van der Waals surface area contributed by atoms with Crippen molar-refractivity contribution in [3.63, 3.8) is 0 Å². The number of benzene rings is 2. The van der Waals surface area contributed by atoms with E-state index in [1.165, 1.54) is 39.0 Å². The molecule has 3 aliphatic heterocycles. The summed E-state index contributed by atoms with van der Waals surface area (Å²) in [5.74, 6) is -3.86. The van der Waals surface area contributed by atoms with Gasteiger partial charge in [0.05, 0.1) is 25.0 Å². The van der Waals surface area contributed by atoms with Crippen molar-refractivity contribution >= 4 is 104 Å². The first-order valence-electron chi connectivity index (χ1n) is 28.0. The number of rotatable bonds is 22. The van der Waals surface area contributed by atoms with Crippen LogP contribution < -0.4 is 59.7 Å². The molecule has 83 heavy (non-hydrogen) atoms. The van der Waals surface area contributed by atoms with Crippen LogP contribution in [-0.4, -0.2) is 170 Å². The Labute approximate surface area is 493 Å². The number of carbonyl (C=O) groups is 9. The molecular formula is C55H76N16O9S3. The van der Waals surface area contributed by atoms with Crippen LogP contribution >= 0.6 is 33.3 Å². The van der Waals surface area contributed by atoms with Gasteiger partial charge in [-0.25, -0.2) is 9.78 Å². The molecule has 10 amide bonds. The van der Waals surface area contributed by atoms with Crippen LogP contribution in [0.1, 0.15) is 81.0 Å². The van der Waals surface area contributed by atoms with Crippen LogP contribution in [0.3, 0.4) is 0 Å². The van der Waals surface area contributed by atoms with Crippen molar-refractivity contribution in [2.24, 2.45) is 22.2 Å². The van der Waals surface area contributed by atoms with Gasteiger partial charge in [0.1, 0.15) is 30.2 Å². The molecule has 4 aromatic rings. The number of nitrogens with two attached hydrogens (primary N) is 3. The van der Waals surface area contributed by atoms with E-state index in [4.69, 9.17) is 17.2 Å². The minimum Gasteiger partial charge on any atom is -0.370 e. The maximum absolute atomic E-state index is 14.7. The average Bonchev–Trinajstić information content (AvgIpc) is 4.49. The maximum Gasteiger partial charge on any atom is 0.315 e. The standard InChI is InChI=1S/C55H76N16O9S3/c56-49(75)43-31-83-82-23-22-71(47(74)19-5-2-10-20-60-45(72)18-9-8-17-44-48-42(30-81-44)69-55(80)70-48)29-46(73)64-41(26-35-28-59-32-63-35)53(79)66-39(24-33-12-3-1-4-13-33)51(77)65-38(16-11-21-61-54(57)58)50(76)67-40(52(78)68-43)25-34-27-62-37-15-7-6-14-36(34)37/h1,3-4,6-7,12-15,27-28,32,38-44,48,62H,2,5,8-11,16-26,29-31H2,(H2,56,75)(H,59,63)(H,60,72)(H,64,73)(H,65,77)(H,66,79)(H,67,76)(H,68,78)(H4,57,58,61)(H2,69,70,80)/t38-,39+,40-,41-,42-,43-,44-,48-/m0/s1. The van der Waals surface area contributed by atoms with Gasteiger partial charge in [-0.15, -0.1) is 0 Å². The summed E-state index contributed by atoms with van der Waals surface area (Å²) in [4.78, 5) is 139. The number of fused-ring (bicyclic) bond motifs is 2. The Balaban J connectivity index is 1.06. The quantitative estimate of drug-likeness (QED) is 0.0168. The fourth-order valence-electron chi connectivity index (χ4n) is 10.0. The van der Waals surface area contributed by atoms with Gasteiger partial charge in [-0.2, -0.15) is 11.8 Å². The molecule has 0 spiro atoms. The van der Waals surface area contributed by atoms with Crippen LogP contribution in [0.15, 0.2) is 78.3 Å². The van der Waals surface area contributed by atoms with E-state index in [1.54, 1.807) is 36.5 Å². The van der Waals surface area contributed by atoms with Gasteiger partial charge >= 0.3 is 6.03 Å². The molecule has 2 aromatic heterocycles. The zero-order valence-corrected chi connectivity index (χ0v) is 48.6. The summed E-state index contributed by atoms with van der Waals surface area (Å²) >= 11 is 1.85. The Bertz CT molecular complexity index is 2880. The van der Waals surface area contributed by atoms with Gasteiger partial charge in [0, 0.05) is 103 Å². The number of imidazole rings is 1. The molecule has 0 aliphatic carbocycles.